The molecule has 3 nitrogen and oxygen atoms in total. The summed E-state index contributed by atoms with van der Waals surface area (Å²) in [5.74, 6) is 0.488. The highest BCUT2D eigenvalue weighted by Gasteiger charge is 2.30. The second kappa shape index (κ2) is 8.58. The van der Waals surface area contributed by atoms with Crippen LogP contribution in [0.2, 0.25) is 0 Å². The SMILES string of the molecule is CC(C)c1ccc(OCC(=O)NCc2cccc(C(F)(F)F)c2)c(Br)c1. The molecule has 0 atom stereocenters. The van der Waals surface area contributed by atoms with Crippen molar-refractivity contribution in [1.29, 1.82) is 0 Å². The Bertz CT molecular complexity index is 776. The first-order valence-corrected chi connectivity index (χ1v) is 8.81. The first-order valence-electron chi connectivity index (χ1n) is 8.02. The Kier molecular flexibility index (Phi) is 6.69. The van der Waals surface area contributed by atoms with Crippen molar-refractivity contribution in [3.05, 3.63) is 63.6 Å². The monoisotopic (exact) mass is 429 g/mol. The first-order chi connectivity index (χ1) is 12.2. The topological polar surface area (TPSA) is 38.3 Å². The van der Waals surface area contributed by atoms with Crippen LogP contribution in [0.15, 0.2) is 46.9 Å². The van der Waals surface area contributed by atoms with Crippen molar-refractivity contribution in [1.82, 2.24) is 5.32 Å². The molecule has 0 saturated heterocycles. The third-order valence-corrected chi connectivity index (χ3v) is 4.35. The predicted octanol–water partition coefficient (Wildman–Crippen LogP) is 5.29. The van der Waals surface area contributed by atoms with E-state index in [2.05, 4.69) is 35.1 Å². The van der Waals surface area contributed by atoms with Crippen molar-refractivity contribution in [2.24, 2.45) is 0 Å². The van der Waals surface area contributed by atoms with Crippen LogP contribution in [-0.2, 0) is 17.5 Å². The average molecular weight is 430 g/mol. The molecular weight excluding hydrogens is 411 g/mol. The molecule has 0 aliphatic heterocycles. The zero-order valence-electron chi connectivity index (χ0n) is 14.4. The van der Waals surface area contributed by atoms with Gasteiger partial charge in [-0.2, -0.15) is 13.2 Å². The fourth-order valence-electron chi connectivity index (χ4n) is 2.25. The molecule has 26 heavy (non-hydrogen) atoms. The standard InChI is InChI=1S/C19H19BrF3NO2/c1-12(2)14-6-7-17(16(20)9-14)26-11-18(25)24-10-13-4-3-5-15(8-13)19(21,22)23/h3-9,12H,10-11H2,1-2H3,(H,24,25). The van der Waals surface area contributed by atoms with Crippen LogP contribution in [0.3, 0.4) is 0 Å². The number of amides is 1. The highest BCUT2D eigenvalue weighted by molar-refractivity contribution is 9.10. The molecule has 2 rings (SSSR count). The molecular formula is C19H19BrF3NO2. The van der Waals surface area contributed by atoms with E-state index in [-0.39, 0.29) is 13.2 Å². The van der Waals surface area contributed by atoms with Gasteiger partial charge in [0.05, 0.1) is 10.0 Å². The molecule has 0 spiro atoms. The van der Waals surface area contributed by atoms with Crippen LogP contribution < -0.4 is 10.1 Å². The number of benzene rings is 2. The van der Waals surface area contributed by atoms with Crippen LogP contribution in [0, 0.1) is 0 Å². The Hall–Kier alpha value is -2.02. The minimum absolute atomic E-state index is 0.000426. The lowest BCUT2D eigenvalue weighted by atomic mass is 10.0. The third-order valence-electron chi connectivity index (χ3n) is 3.73. The summed E-state index contributed by atoms with van der Waals surface area (Å²) in [5, 5.41) is 2.55. The Morgan fingerprint density at radius 2 is 1.92 bits per heavy atom. The summed E-state index contributed by atoms with van der Waals surface area (Å²) in [6.45, 7) is 3.92. The molecule has 0 radical (unpaired) electrons. The fraction of sp³-hybridized carbons (Fsp3) is 0.316. The first kappa shape index (κ1) is 20.3. The van der Waals surface area contributed by atoms with Crippen molar-refractivity contribution in [3.8, 4) is 5.75 Å². The molecule has 7 heteroatoms. The summed E-state index contributed by atoms with van der Waals surface area (Å²) >= 11 is 3.40. The smallest absolute Gasteiger partial charge is 0.416 e. The van der Waals surface area contributed by atoms with Gasteiger partial charge in [0.2, 0.25) is 0 Å². The van der Waals surface area contributed by atoms with E-state index in [0.717, 1.165) is 22.2 Å². The quantitative estimate of drug-likeness (QED) is 0.677. The van der Waals surface area contributed by atoms with Crippen LogP contribution in [0.25, 0.3) is 0 Å². The number of halogens is 4. The highest BCUT2D eigenvalue weighted by Crippen LogP contribution is 2.30. The average Bonchev–Trinajstić information content (AvgIpc) is 2.58. The Labute approximate surface area is 158 Å². The summed E-state index contributed by atoms with van der Waals surface area (Å²) in [6.07, 6.45) is -4.41. The van der Waals surface area contributed by atoms with E-state index in [9.17, 15) is 18.0 Å². The van der Waals surface area contributed by atoms with Gasteiger partial charge >= 0.3 is 6.18 Å². The maximum atomic E-state index is 12.7. The molecule has 0 saturated carbocycles. The van der Waals surface area contributed by atoms with Gasteiger partial charge in [-0.15, -0.1) is 0 Å². The minimum Gasteiger partial charge on any atom is -0.483 e. The van der Waals surface area contributed by atoms with Crippen LogP contribution in [0.1, 0.15) is 36.5 Å². The number of hydrogen-bond donors (Lipinski definition) is 1. The van der Waals surface area contributed by atoms with E-state index >= 15 is 0 Å². The molecule has 0 aromatic heterocycles. The molecule has 0 unspecified atom stereocenters. The Morgan fingerprint density at radius 3 is 2.54 bits per heavy atom. The van der Waals surface area contributed by atoms with E-state index in [4.69, 9.17) is 4.74 Å². The fourth-order valence-corrected chi connectivity index (χ4v) is 2.76. The second-order valence-electron chi connectivity index (χ2n) is 6.11. The third kappa shape index (κ3) is 5.76. The zero-order chi connectivity index (χ0) is 19.3. The largest absolute Gasteiger partial charge is 0.483 e. The van der Waals surface area contributed by atoms with Gasteiger partial charge in [-0.1, -0.05) is 32.0 Å². The van der Waals surface area contributed by atoms with Crippen LogP contribution >= 0.6 is 15.9 Å². The molecule has 0 heterocycles. The van der Waals surface area contributed by atoms with E-state index in [1.54, 1.807) is 6.07 Å². The van der Waals surface area contributed by atoms with Crippen LogP contribution in [0.5, 0.6) is 5.75 Å². The zero-order valence-corrected chi connectivity index (χ0v) is 15.9. The van der Waals surface area contributed by atoms with Gasteiger partial charge in [-0.25, -0.2) is 0 Å². The van der Waals surface area contributed by atoms with E-state index in [1.807, 2.05) is 12.1 Å². The summed E-state index contributed by atoms with van der Waals surface area (Å²) in [5.41, 5.74) is 0.767. The number of hydrogen-bond acceptors (Lipinski definition) is 2. The van der Waals surface area contributed by atoms with E-state index in [1.165, 1.54) is 12.1 Å². The van der Waals surface area contributed by atoms with Crippen molar-refractivity contribution < 1.29 is 22.7 Å². The van der Waals surface area contributed by atoms with Crippen molar-refractivity contribution in [2.45, 2.75) is 32.5 Å². The maximum Gasteiger partial charge on any atom is 0.416 e. The molecule has 1 N–H and O–H groups in total. The van der Waals surface area contributed by atoms with Gasteiger partial charge in [0.1, 0.15) is 5.75 Å². The molecule has 0 aliphatic rings. The Morgan fingerprint density at radius 1 is 1.19 bits per heavy atom. The molecule has 2 aromatic carbocycles. The van der Waals surface area contributed by atoms with Gasteiger partial charge in [0.25, 0.3) is 5.91 Å². The molecule has 1 amide bonds. The molecule has 0 aliphatic carbocycles. The number of carbonyl (C=O) groups excluding carboxylic acids is 1. The molecule has 0 fully saturated rings. The molecule has 140 valence electrons. The second-order valence-corrected chi connectivity index (χ2v) is 6.96. The van der Waals surface area contributed by atoms with E-state index < -0.39 is 17.6 Å². The maximum absolute atomic E-state index is 12.7. The van der Waals surface area contributed by atoms with Crippen molar-refractivity contribution in [3.63, 3.8) is 0 Å². The molecule has 2 aromatic rings. The summed E-state index contributed by atoms with van der Waals surface area (Å²) < 4.78 is 44.2. The number of nitrogens with one attached hydrogen (secondary N) is 1. The van der Waals surface area contributed by atoms with Crippen LogP contribution in [0.4, 0.5) is 13.2 Å². The number of alkyl halides is 3. The number of rotatable bonds is 6. The van der Waals surface area contributed by atoms with Gasteiger partial charge in [0, 0.05) is 6.54 Å². The predicted molar refractivity (Wildman–Crippen MR) is 97.0 cm³/mol. The van der Waals surface area contributed by atoms with Gasteiger partial charge in [-0.3, -0.25) is 4.79 Å². The van der Waals surface area contributed by atoms with Gasteiger partial charge in [0.15, 0.2) is 6.61 Å². The lowest BCUT2D eigenvalue weighted by Gasteiger charge is -2.12. The van der Waals surface area contributed by atoms with Crippen molar-refractivity contribution in [2.75, 3.05) is 6.61 Å². The highest BCUT2D eigenvalue weighted by atomic mass is 79.9. The number of carbonyl (C=O) groups is 1. The lowest BCUT2D eigenvalue weighted by Crippen LogP contribution is -2.28. The normalized spacial score (nSPS) is 11.5. The van der Waals surface area contributed by atoms with E-state index in [0.29, 0.717) is 17.2 Å². The summed E-state index contributed by atoms with van der Waals surface area (Å²) in [7, 11) is 0. The molecule has 0 bridgehead atoms. The van der Waals surface area contributed by atoms with Gasteiger partial charge < -0.3 is 10.1 Å². The minimum atomic E-state index is -4.41. The number of ether oxygens (including phenoxy) is 1. The summed E-state index contributed by atoms with van der Waals surface area (Å²) in [6, 6.07) is 10.5. The Balaban J connectivity index is 1.88. The lowest BCUT2D eigenvalue weighted by molar-refractivity contribution is -0.137. The van der Waals surface area contributed by atoms with Crippen molar-refractivity contribution >= 4 is 21.8 Å². The van der Waals surface area contributed by atoms with Crippen LogP contribution in [-0.4, -0.2) is 12.5 Å². The van der Waals surface area contributed by atoms with Gasteiger partial charge in [-0.05, 0) is 57.2 Å². The summed E-state index contributed by atoms with van der Waals surface area (Å²) in [4.78, 5) is 11.9.